The highest BCUT2D eigenvalue weighted by molar-refractivity contribution is 9.10. The van der Waals surface area contributed by atoms with Gasteiger partial charge in [-0.25, -0.2) is 0 Å². The van der Waals surface area contributed by atoms with E-state index >= 15 is 0 Å². The Morgan fingerprint density at radius 2 is 1.93 bits per heavy atom. The van der Waals surface area contributed by atoms with E-state index in [2.05, 4.69) is 36.3 Å². The van der Waals surface area contributed by atoms with Gasteiger partial charge < -0.3 is 19.4 Å². The Labute approximate surface area is 191 Å². The van der Waals surface area contributed by atoms with E-state index in [0.29, 0.717) is 35.0 Å². The summed E-state index contributed by atoms with van der Waals surface area (Å²) in [5, 5.41) is 11.9. The van der Waals surface area contributed by atoms with Crippen molar-refractivity contribution in [3.05, 3.63) is 52.0 Å². The molecule has 2 aromatic carbocycles. The molecule has 1 saturated heterocycles. The van der Waals surface area contributed by atoms with Gasteiger partial charge in [0.25, 0.3) is 5.22 Å². The van der Waals surface area contributed by atoms with Crippen LogP contribution in [0.15, 0.2) is 56.6 Å². The molecular weight excluding hydrogens is 492 g/mol. The number of aromatic nitrogens is 2. The van der Waals surface area contributed by atoms with Crippen molar-refractivity contribution in [2.24, 2.45) is 0 Å². The van der Waals surface area contributed by atoms with Crippen molar-refractivity contribution in [3.63, 3.8) is 0 Å². The molecule has 1 aliphatic rings. The van der Waals surface area contributed by atoms with Crippen molar-refractivity contribution in [2.75, 3.05) is 42.3 Å². The summed E-state index contributed by atoms with van der Waals surface area (Å²) in [6.07, 6.45) is 0. The van der Waals surface area contributed by atoms with Crippen molar-refractivity contribution in [3.8, 4) is 11.5 Å². The number of rotatable bonds is 6. The second kappa shape index (κ2) is 9.82. The number of nitrogens with one attached hydrogen (secondary N) is 1. The molecule has 3 aromatic rings. The molecule has 0 radical (unpaired) electrons. The normalized spacial score (nSPS) is 14.0. The first-order chi connectivity index (χ1) is 14.6. The molecule has 156 valence electrons. The van der Waals surface area contributed by atoms with Gasteiger partial charge in [0.2, 0.25) is 11.8 Å². The lowest BCUT2D eigenvalue weighted by molar-refractivity contribution is -0.113. The van der Waals surface area contributed by atoms with Crippen molar-refractivity contribution < 1.29 is 13.9 Å². The first-order valence-corrected chi connectivity index (χ1v) is 11.4. The number of anilines is 2. The number of carbonyl (C=O) groups is 1. The van der Waals surface area contributed by atoms with E-state index in [1.54, 1.807) is 0 Å². The van der Waals surface area contributed by atoms with Crippen LogP contribution in [0.2, 0.25) is 5.02 Å². The molecule has 4 rings (SSSR count). The standard InChI is InChI=1S/C20H18BrClN4O3S/c21-14-6-4-13(5-7-14)19-24-25-20(29-19)30-12-17(27)23-16-3-1-2-15(22)18(16)26-8-10-28-11-9-26/h1-7H,8-12H2,(H,23,27). The van der Waals surface area contributed by atoms with Crippen LogP contribution in [0.1, 0.15) is 0 Å². The lowest BCUT2D eigenvalue weighted by atomic mass is 10.2. The number of halogens is 2. The number of amides is 1. The largest absolute Gasteiger partial charge is 0.411 e. The maximum absolute atomic E-state index is 12.5. The lowest BCUT2D eigenvalue weighted by Crippen LogP contribution is -2.37. The summed E-state index contributed by atoms with van der Waals surface area (Å²) in [6.45, 7) is 2.71. The molecule has 30 heavy (non-hydrogen) atoms. The zero-order valence-electron chi connectivity index (χ0n) is 15.8. The van der Waals surface area contributed by atoms with Gasteiger partial charge in [0.05, 0.1) is 35.4 Å². The molecule has 7 nitrogen and oxygen atoms in total. The zero-order chi connectivity index (χ0) is 20.9. The van der Waals surface area contributed by atoms with E-state index in [4.69, 9.17) is 20.8 Å². The monoisotopic (exact) mass is 508 g/mol. The number of morpholine rings is 1. The van der Waals surface area contributed by atoms with E-state index in [1.807, 2.05) is 42.5 Å². The number of para-hydroxylation sites is 1. The van der Waals surface area contributed by atoms with E-state index in [1.165, 1.54) is 11.8 Å². The highest BCUT2D eigenvalue weighted by Crippen LogP contribution is 2.34. The van der Waals surface area contributed by atoms with Crippen LogP contribution in [0, 0.1) is 0 Å². The number of hydrogen-bond acceptors (Lipinski definition) is 7. The van der Waals surface area contributed by atoms with Gasteiger partial charge in [0, 0.05) is 23.1 Å². The molecule has 0 bridgehead atoms. The Bertz CT molecular complexity index is 1030. The van der Waals surface area contributed by atoms with Crippen LogP contribution < -0.4 is 10.2 Å². The molecule has 1 amide bonds. The first-order valence-electron chi connectivity index (χ1n) is 9.23. The first kappa shape index (κ1) is 21.2. The molecule has 1 aliphatic heterocycles. The molecule has 1 aromatic heterocycles. The Balaban J connectivity index is 1.39. The molecule has 1 N–H and O–H groups in total. The summed E-state index contributed by atoms with van der Waals surface area (Å²) in [5.41, 5.74) is 2.31. The minimum absolute atomic E-state index is 0.136. The van der Waals surface area contributed by atoms with Crippen molar-refractivity contribution in [1.82, 2.24) is 10.2 Å². The Morgan fingerprint density at radius 3 is 2.70 bits per heavy atom. The van der Waals surface area contributed by atoms with Crippen LogP contribution in [-0.4, -0.2) is 48.2 Å². The fourth-order valence-corrected chi connectivity index (χ4v) is 4.14. The van der Waals surface area contributed by atoms with E-state index in [9.17, 15) is 4.79 Å². The minimum atomic E-state index is -0.180. The molecule has 0 unspecified atom stereocenters. The van der Waals surface area contributed by atoms with Gasteiger partial charge in [-0.3, -0.25) is 4.79 Å². The molecular formula is C20H18BrClN4O3S. The minimum Gasteiger partial charge on any atom is -0.411 e. The molecule has 2 heterocycles. The van der Waals surface area contributed by atoms with Gasteiger partial charge >= 0.3 is 0 Å². The van der Waals surface area contributed by atoms with E-state index in [0.717, 1.165) is 28.8 Å². The van der Waals surface area contributed by atoms with E-state index in [-0.39, 0.29) is 11.7 Å². The maximum Gasteiger partial charge on any atom is 0.277 e. The van der Waals surface area contributed by atoms with Gasteiger partial charge in [-0.1, -0.05) is 45.4 Å². The number of thioether (sulfide) groups is 1. The van der Waals surface area contributed by atoms with Crippen molar-refractivity contribution >= 4 is 56.6 Å². The molecule has 0 atom stereocenters. The Kier molecular flexibility index (Phi) is 6.93. The van der Waals surface area contributed by atoms with Gasteiger partial charge in [0.1, 0.15) is 0 Å². The third kappa shape index (κ3) is 5.15. The summed E-state index contributed by atoms with van der Waals surface area (Å²) < 4.78 is 12.0. The van der Waals surface area contributed by atoms with Crippen LogP contribution >= 0.6 is 39.3 Å². The number of benzene rings is 2. The number of ether oxygens (including phenoxy) is 1. The van der Waals surface area contributed by atoms with Crippen LogP contribution in [-0.2, 0) is 9.53 Å². The Morgan fingerprint density at radius 1 is 1.17 bits per heavy atom. The number of hydrogen-bond donors (Lipinski definition) is 1. The molecule has 10 heteroatoms. The van der Waals surface area contributed by atoms with Gasteiger partial charge in [-0.2, -0.15) is 0 Å². The summed E-state index contributed by atoms with van der Waals surface area (Å²) in [4.78, 5) is 14.7. The fourth-order valence-electron chi connectivity index (χ4n) is 3.02. The Hall–Kier alpha value is -2.07. The third-order valence-electron chi connectivity index (χ3n) is 4.41. The fraction of sp³-hybridized carbons (Fsp3) is 0.250. The SMILES string of the molecule is O=C(CSc1nnc(-c2ccc(Br)cc2)o1)Nc1cccc(Cl)c1N1CCOCC1. The highest BCUT2D eigenvalue weighted by Gasteiger charge is 2.19. The molecule has 1 fully saturated rings. The molecule has 0 aliphatic carbocycles. The average Bonchev–Trinajstić information content (AvgIpc) is 3.23. The summed E-state index contributed by atoms with van der Waals surface area (Å²) in [6, 6.07) is 13.0. The molecule has 0 saturated carbocycles. The highest BCUT2D eigenvalue weighted by atomic mass is 79.9. The average molecular weight is 510 g/mol. The van der Waals surface area contributed by atoms with Gasteiger partial charge in [-0.05, 0) is 36.4 Å². The summed E-state index contributed by atoms with van der Waals surface area (Å²) in [7, 11) is 0. The predicted octanol–water partition coefficient (Wildman–Crippen LogP) is 4.72. The summed E-state index contributed by atoms with van der Waals surface area (Å²) >= 11 is 11.0. The van der Waals surface area contributed by atoms with Gasteiger partial charge in [0.15, 0.2) is 0 Å². The smallest absolute Gasteiger partial charge is 0.277 e. The second-order valence-corrected chi connectivity index (χ2v) is 8.70. The van der Waals surface area contributed by atoms with Crippen LogP contribution in [0.25, 0.3) is 11.5 Å². The topological polar surface area (TPSA) is 80.5 Å². The quantitative estimate of drug-likeness (QED) is 0.482. The van der Waals surface area contributed by atoms with Crippen molar-refractivity contribution in [2.45, 2.75) is 5.22 Å². The van der Waals surface area contributed by atoms with E-state index < -0.39 is 0 Å². The zero-order valence-corrected chi connectivity index (χ0v) is 19.0. The molecule has 0 spiro atoms. The lowest BCUT2D eigenvalue weighted by Gasteiger charge is -2.31. The number of nitrogens with zero attached hydrogens (tertiary/aromatic N) is 3. The predicted molar refractivity (Wildman–Crippen MR) is 121 cm³/mol. The van der Waals surface area contributed by atoms with Crippen LogP contribution in [0.3, 0.4) is 0 Å². The second-order valence-electron chi connectivity index (χ2n) is 6.45. The number of carbonyl (C=O) groups excluding carboxylic acids is 1. The van der Waals surface area contributed by atoms with Gasteiger partial charge in [-0.15, -0.1) is 10.2 Å². The van der Waals surface area contributed by atoms with Crippen LogP contribution in [0.4, 0.5) is 11.4 Å². The maximum atomic E-state index is 12.5. The summed E-state index contributed by atoms with van der Waals surface area (Å²) in [5.74, 6) is 0.367. The third-order valence-corrected chi connectivity index (χ3v) is 6.06. The van der Waals surface area contributed by atoms with Crippen molar-refractivity contribution in [1.29, 1.82) is 0 Å². The van der Waals surface area contributed by atoms with Crippen LogP contribution in [0.5, 0.6) is 0 Å².